The highest BCUT2D eigenvalue weighted by Crippen LogP contribution is 2.41. The largest absolute Gasteiger partial charge is 0.493 e. The number of hydrogen-bond donors (Lipinski definition) is 0. The summed E-state index contributed by atoms with van der Waals surface area (Å²) in [4.78, 5) is 0. The second kappa shape index (κ2) is 40.1. The zero-order valence-corrected chi connectivity index (χ0v) is 47.4. The van der Waals surface area contributed by atoms with Gasteiger partial charge in [0.1, 0.15) is 0 Å². The Balaban J connectivity index is 1.61. The van der Waals surface area contributed by atoms with Gasteiger partial charge in [-0.25, -0.2) is 4.70 Å². The number of allylic oxidation sites excluding steroid dienone is 2. The van der Waals surface area contributed by atoms with Gasteiger partial charge in [0.2, 0.25) is 11.4 Å². The van der Waals surface area contributed by atoms with Crippen molar-refractivity contribution in [1.29, 1.82) is 0 Å². The Kier molecular flexibility index (Phi) is 35.3. The summed E-state index contributed by atoms with van der Waals surface area (Å²) in [7, 11) is 0. The van der Waals surface area contributed by atoms with E-state index in [9.17, 15) is 5.53 Å². The fourth-order valence-electron chi connectivity index (χ4n) is 11.3. The number of unbranched alkanes of at least 4 members (excludes halogenated alkanes) is 30. The lowest BCUT2D eigenvalue weighted by molar-refractivity contribution is -0.344. The van der Waals surface area contributed by atoms with E-state index < -0.39 is 0 Å². The lowest BCUT2D eigenvalue weighted by Gasteiger charge is -2.20. The second-order valence-electron chi connectivity index (χ2n) is 22.1. The van der Waals surface area contributed by atoms with E-state index in [1.807, 2.05) is 0 Å². The third kappa shape index (κ3) is 24.2. The van der Waals surface area contributed by atoms with Crippen molar-refractivity contribution in [1.82, 2.24) is 0 Å². The maximum Gasteiger partial charge on any atom is 0.210 e. The lowest BCUT2D eigenvalue weighted by Crippen LogP contribution is -2.09. The Morgan fingerprint density at radius 3 is 0.855 bits per heavy atom. The van der Waals surface area contributed by atoms with E-state index in [2.05, 4.69) is 78.8 Å². The van der Waals surface area contributed by atoms with Crippen molar-refractivity contribution in [3.8, 4) is 0 Å². The average Bonchev–Trinajstić information content (AvgIpc) is 3.69. The summed E-state index contributed by atoms with van der Waals surface area (Å²) in [6.45, 7) is 16.3. The van der Waals surface area contributed by atoms with Crippen LogP contribution in [0.3, 0.4) is 0 Å². The highest BCUT2D eigenvalue weighted by molar-refractivity contribution is 5.79. The summed E-state index contributed by atoms with van der Waals surface area (Å²) in [6.07, 6.45) is 60.6. The Labute approximate surface area is 431 Å². The molecule has 0 bridgehead atoms. The average molecular weight is 948 g/mol. The molecule has 1 heterocycles. The minimum atomic E-state index is 0.998. The molecule has 2 heteroatoms. The van der Waals surface area contributed by atoms with Crippen LogP contribution in [0.5, 0.6) is 0 Å². The number of nitrogens with zero attached hydrogens (tertiary/aromatic N) is 2. The molecule has 0 aliphatic carbocycles. The molecule has 0 aromatic heterocycles. The molecule has 0 amide bonds. The highest BCUT2D eigenvalue weighted by atomic mass is 15.2. The fraction of sp³-hybridized carbons (Fsp3) is 0.761. The lowest BCUT2D eigenvalue weighted by atomic mass is 9.87. The van der Waals surface area contributed by atoms with Gasteiger partial charge < -0.3 is 5.53 Å². The molecule has 0 radical (unpaired) electrons. The van der Waals surface area contributed by atoms with Gasteiger partial charge in [0, 0.05) is 22.8 Å². The van der Waals surface area contributed by atoms with Crippen LogP contribution in [0.15, 0.2) is 35.9 Å². The summed E-state index contributed by atoms with van der Waals surface area (Å²) < 4.78 is 1.65. The van der Waals surface area contributed by atoms with Crippen LogP contribution in [-0.2, 0) is 38.5 Å². The maximum atomic E-state index is 12.6. The molecule has 0 fully saturated rings. The first kappa shape index (κ1) is 60.8. The van der Waals surface area contributed by atoms with Gasteiger partial charge in [-0.1, -0.05) is 241 Å². The first-order chi connectivity index (χ1) is 34.0. The standard InChI is InChI=1S/C67H114N2/c1-8-15-22-23-24-25-26-27-28-29-30-31-32-33-34-35-36-37-38-39-40-41-42-43-44-49-61-56-66(62-52-57(45-16-9-2)64(50-20-13-6)58(53-62)46-17-10-3)69(68)67(61)63-54-59(47-18-11-4)65(51-21-14-7)60(55-63)48-19-12-5/h52-56H,8-51H2,1-7H3. The second-order valence-corrected chi connectivity index (χ2v) is 22.1. The van der Waals surface area contributed by atoms with E-state index in [1.54, 1.807) is 15.8 Å². The van der Waals surface area contributed by atoms with E-state index in [0.717, 1.165) is 43.5 Å². The molecule has 69 heavy (non-hydrogen) atoms. The summed E-state index contributed by atoms with van der Waals surface area (Å²) >= 11 is 0. The van der Waals surface area contributed by atoms with Gasteiger partial charge in [-0.05, 0) is 148 Å². The quantitative estimate of drug-likeness (QED) is 0.0467. The third-order valence-corrected chi connectivity index (χ3v) is 15.8. The monoisotopic (exact) mass is 947 g/mol. The van der Waals surface area contributed by atoms with Crippen LogP contribution in [0.4, 0.5) is 0 Å². The van der Waals surface area contributed by atoms with Crippen molar-refractivity contribution >= 4 is 11.4 Å². The Morgan fingerprint density at radius 2 is 0.551 bits per heavy atom. The van der Waals surface area contributed by atoms with Gasteiger partial charge in [-0.2, -0.15) is 0 Å². The molecule has 0 N–H and O–H groups in total. The molecule has 0 atom stereocenters. The summed E-state index contributed by atoms with van der Waals surface area (Å²) in [5.74, 6) is 0. The van der Waals surface area contributed by atoms with Crippen LogP contribution in [0.2, 0.25) is 0 Å². The number of rotatable bonds is 46. The number of benzene rings is 2. The van der Waals surface area contributed by atoms with Crippen molar-refractivity contribution in [3.63, 3.8) is 0 Å². The Bertz CT molecular complexity index is 1630. The van der Waals surface area contributed by atoms with Crippen LogP contribution in [0.1, 0.15) is 337 Å². The van der Waals surface area contributed by atoms with Crippen LogP contribution >= 0.6 is 0 Å². The van der Waals surface area contributed by atoms with Gasteiger partial charge in [-0.3, -0.25) is 0 Å². The van der Waals surface area contributed by atoms with Gasteiger partial charge in [0.25, 0.3) is 0 Å². The predicted octanol–water partition coefficient (Wildman–Crippen LogP) is 22.7. The molecule has 0 unspecified atom stereocenters. The Hall–Kier alpha value is -2.48. The van der Waals surface area contributed by atoms with Gasteiger partial charge in [0.15, 0.2) is 0 Å². The maximum absolute atomic E-state index is 12.6. The molecule has 3 rings (SSSR count). The summed E-state index contributed by atoms with van der Waals surface area (Å²) in [5, 5.41) is 0. The van der Waals surface area contributed by atoms with E-state index in [-0.39, 0.29) is 0 Å². The molecule has 0 spiro atoms. The first-order valence-electron chi connectivity index (χ1n) is 31.2. The van der Waals surface area contributed by atoms with E-state index in [1.165, 1.54) is 289 Å². The van der Waals surface area contributed by atoms with Crippen molar-refractivity contribution in [2.75, 3.05) is 0 Å². The molecule has 1 aliphatic heterocycles. The van der Waals surface area contributed by atoms with Crippen molar-refractivity contribution < 1.29 is 4.70 Å². The van der Waals surface area contributed by atoms with E-state index in [4.69, 9.17) is 0 Å². The van der Waals surface area contributed by atoms with Crippen LogP contribution in [-0.4, -0.2) is 4.70 Å². The summed E-state index contributed by atoms with van der Waals surface area (Å²) in [5.41, 5.74) is 27.8. The van der Waals surface area contributed by atoms with E-state index >= 15 is 0 Å². The molecule has 1 aliphatic rings. The molecule has 392 valence electrons. The first-order valence-corrected chi connectivity index (χ1v) is 31.2. The van der Waals surface area contributed by atoms with E-state index in [0.29, 0.717) is 0 Å². The molecular formula is C67H114N2. The zero-order valence-electron chi connectivity index (χ0n) is 47.4. The molecule has 2 aromatic carbocycles. The molecular weight excluding hydrogens is 833 g/mol. The minimum Gasteiger partial charge on any atom is -0.493 e. The zero-order chi connectivity index (χ0) is 49.6. The molecule has 0 saturated heterocycles. The minimum absolute atomic E-state index is 0.998. The number of hydrogen-bond acceptors (Lipinski definition) is 0. The van der Waals surface area contributed by atoms with Crippen LogP contribution in [0, 0.1) is 0 Å². The van der Waals surface area contributed by atoms with Crippen LogP contribution < -0.4 is 0 Å². The Morgan fingerprint density at radius 1 is 0.290 bits per heavy atom. The van der Waals surface area contributed by atoms with Gasteiger partial charge in [-0.15, -0.1) is 0 Å². The van der Waals surface area contributed by atoms with Crippen molar-refractivity contribution in [2.45, 2.75) is 331 Å². The smallest absolute Gasteiger partial charge is 0.210 e. The highest BCUT2D eigenvalue weighted by Gasteiger charge is 2.31. The number of aryl methyl sites for hydroxylation is 4. The van der Waals surface area contributed by atoms with Gasteiger partial charge in [0.05, 0.1) is 0 Å². The normalized spacial score (nSPS) is 12.9. The van der Waals surface area contributed by atoms with Crippen molar-refractivity contribution in [2.24, 2.45) is 0 Å². The SMILES string of the molecule is CCCCCCCCCCCCCCCCCCCCCCCCCCCC1=C(c2cc(CCCC)c(CCCC)c(CCCC)c2)[N+](=[N-])C(c2cc(CCCC)c(CCCC)c(CCCC)c2)=C1. The predicted molar refractivity (Wildman–Crippen MR) is 309 cm³/mol. The third-order valence-electron chi connectivity index (χ3n) is 15.8. The topological polar surface area (TPSA) is 25.3 Å². The van der Waals surface area contributed by atoms with Gasteiger partial charge >= 0.3 is 0 Å². The fourth-order valence-corrected chi connectivity index (χ4v) is 11.3. The molecule has 2 nitrogen and oxygen atoms in total. The van der Waals surface area contributed by atoms with Crippen molar-refractivity contribution in [3.05, 3.63) is 86.0 Å². The summed E-state index contributed by atoms with van der Waals surface area (Å²) in [6, 6.07) is 10.00. The molecule has 0 saturated carbocycles. The molecule has 2 aromatic rings. The van der Waals surface area contributed by atoms with Crippen LogP contribution in [0.25, 0.3) is 16.9 Å².